The molecular formula is C8H12ClN3S. The lowest BCUT2D eigenvalue weighted by Crippen LogP contribution is -2.07. The zero-order valence-corrected chi connectivity index (χ0v) is 9.19. The normalized spacial score (nSPS) is 12.9. The molecule has 3 nitrogen and oxygen atoms in total. The highest BCUT2D eigenvalue weighted by atomic mass is 35.5. The highest BCUT2D eigenvalue weighted by Gasteiger charge is 2.09. The van der Waals surface area contributed by atoms with Crippen molar-refractivity contribution >= 4 is 23.4 Å². The molecule has 2 N–H and O–H groups in total. The van der Waals surface area contributed by atoms with E-state index in [0.717, 1.165) is 16.4 Å². The van der Waals surface area contributed by atoms with Gasteiger partial charge in [0.25, 0.3) is 0 Å². The van der Waals surface area contributed by atoms with Crippen molar-refractivity contribution in [2.45, 2.75) is 24.0 Å². The SMILES string of the molecule is CSc1ncc(C(C)Cl)c(CN)n1. The van der Waals surface area contributed by atoms with Crippen molar-refractivity contribution in [3.63, 3.8) is 0 Å². The van der Waals surface area contributed by atoms with E-state index in [-0.39, 0.29) is 5.38 Å². The van der Waals surface area contributed by atoms with E-state index in [0.29, 0.717) is 6.54 Å². The molecule has 0 saturated heterocycles. The molecule has 0 fully saturated rings. The minimum Gasteiger partial charge on any atom is -0.325 e. The van der Waals surface area contributed by atoms with Gasteiger partial charge in [-0.3, -0.25) is 0 Å². The van der Waals surface area contributed by atoms with Gasteiger partial charge in [-0.1, -0.05) is 11.8 Å². The van der Waals surface area contributed by atoms with E-state index in [9.17, 15) is 0 Å². The van der Waals surface area contributed by atoms with Gasteiger partial charge in [-0.15, -0.1) is 11.6 Å². The first-order valence-electron chi connectivity index (χ1n) is 3.93. The van der Waals surface area contributed by atoms with Crippen molar-refractivity contribution < 1.29 is 0 Å². The molecule has 0 aliphatic rings. The second-order valence-corrected chi connectivity index (χ2v) is 4.01. The Kier molecular flexibility index (Phi) is 3.96. The molecular weight excluding hydrogens is 206 g/mol. The first kappa shape index (κ1) is 10.8. The summed E-state index contributed by atoms with van der Waals surface area (Å²) < 4.78 is 0. The van der Waals surface area contributed by atoms with Gasteiger partial charge in [0.2, 0.25) is 0 Å². The van der Waals surface area contributed by atoms with Crippen LogP contribution in [0.5, 0.6) is 0 Å². The van der Waals surface area contributed by atoms with Crippen molar-refractivity contribution in [2.75, 3.05) is 6.26 Å². The molecule has 0 saturated carbocycles. The molecule has 1 heterocycles. The van der Waals surface area contributed by atoms with Gasteiger partial charge >= 0.3 is 0 Å². The number of thioether (sulfide) groups is 1. The largest absolute Gasteiger partial charge is 0.325 e. The van der Waals surface area contributed by atoms with Crippen LogP contribution >= 0.6 is 23.4 Å². The van der Waals surface area contributed by atoms with Crippen molar-refractivity contribution in [3.05, 3.63) is 17.5 Å². The van der Waals surface area contributed by atoms with Gasteiger partial charge in [-0.2, -0.15) is 0 Å². The van der Waals surface area contributed by atoms with Crippen LogP contribution in [0.3, 0.4) is 0 Å². The Labute approximate surface area is 87.1 Å². The fraction of sp³-hybridized carbons (Fsp3) is 0.500. The van der Waals surface area contributed by atoms with Crippen LogP contribution in [0.4, 0.5) is 0 Å². The van der Waals surface area contributed by atoms with Gasteiger partial charge in [0.05, 0.1) is 11.1 Å². The Hall–Kier alpha value is -0.320. The lowest BCUT2D eigenvalue weighted by Gasteiger charge is -2.08. The number of nitrogens with two attached hydrogens (primary N) is 1. The van der Waals surface area contributed by atoms with Gasteiger partial charge in [-0.25, -0.2) is 9.97 Å². The van der Waals surface area contributed by atoms with Crippen LogP contribution < -0.4 is 5.73 Å². The van der Waals surface area contributed by atoms with Crippen molar-refractivity contribution in [2.24, 2.45) is 5.73 Å². The van der Waals surface area contributed by atoms with E-state index in [4.69, 9.17) is 17.3 Å². The van der Waals surface area contributed by atoms with E-state index in [1.54, 1.807) is 6.20 Å². The van der Waals surface area contributed by atoms with Crippen LogP contribution in [0.15, 0.2) is 11.4 Å². The molecule has 0 aliphatic carbocycles. The first-order valence-corrected chi connectivity index (χ1v) is 5.59. The maximum atomic E-state index is 5.94. The zero-order valence-electron chi connectivity index (χ0n) is 7.62. The molecule has 0 amide bonds. The molecule has 5 heteroatoms. The van der Waals surface area contributed by atoms with E-state index >= 15 is 0 Å². The quantitative estimate of drug-likeness (QED) is 0.478. The second kappa shape index (κ2) is 4.79. The summed E-state index contributed by atoms with van der Waals surface area (Å²) in [4.78, 5) is 8.41. The number of nitrogens with zero attached hydrogens (tertiary/aromatic N) is 2. The molecule has 0 aromatic carbocycles. The summed E-state index contributed by atoms with van der Waals surface area (Å²) in [6, 6.07) is 0. The van der Waals surface area contributed by atoms with Crippen molar-refractivity contribution in [3.8, 4) is 0 Å². The molecule has 1 atom stereocenters. The predicted octanol–water partition coefficient (Wildman–Crippen LogP) is 1.96. The Morgan fingerprint density at radius 2 is 2.38 bits per heavy atom. The molecule has 13 heavy (non-hydrogen) atoms. The topological polar surface area (TPSA) is 51.8 Å². The maximum Gasteiger partial charge on any atom is 0.187 e. The van der Waals surface area contributed by atoms with Gasteiger partial charge < -0.3 is 5.73 Å². The molecule has 1 aromatic heterocycles. The number of alkyl halides is 1. The van der Waals surface area contributed by atoms with Gasteiger partial charge in [0, 0.05) is 18.3 Å². The van der Waals surface area contributed by atoms with E-state index in [1.165, 1.54) is 11.8 Å². The average Bonchev–Trinajstić information content (AvgIpc) is 2.16. The van der Waals surface area contributed by atoms with Gasteiger partial charge in [0.1, 0.15) is 0 Å². The van der Waals surface area contributed by atoms with Crippen molar-refractivity contribution in [1.82, 2.24) is 9.97 Å². The van der Waals surface area contributed by atoms with Crippen LogP contribution in [0.1, 0.15) is 23.6 Å². The second-order valence-electron chi connectivity index (χ2n) is 2.58. The maximum absolute atomic E-state index is 5.94. The van der Waals surface area contributed by atoms with Crippen LogP contribution in [0.2, 0.25) is 0 Å². The summed E-state index contributed by atoms with van der Waals surface area (Å²) in [5.74, 6) is 0. The standard InChI is InChI=1S/C8H12ClN3S/c1-5(9)6-4-11-8(13-2)12-7(6)3-10/h4-5H,3,10H2,1-2H3. The van der Waals surface area contributed by atoms with Gasteiger partial charge in [0.15, 0.2) is 5.16 Å². The van der Waals surface area contributed by atoms with Crippen LogP contribution in [-0.4, -0.2) is 16.2 Å². The number of aromatic nitrogens is 2. The Balaban J connectivity index is 3.08. The predicted molar refractivity (Wildman–Crippen MR) is 56.0 cm³/mol. The Morgan fingerprint density at radius 1 is 1.69 bits per heavy atom. The molecule has 1 unspecified atom stereocenters. The molecule has 72 valence electrons. The van der Waals surface area contributed by atoms with E-state index in [2.05, 4.69) is 9.97 Å². The van der Waals surface area contributed by atoms with E-state index in [1.807, 2.05) is 13.2 Å². The lowest BCUT2D eigenvalue weighted by atomic mass is 10.2. The Morgan fingerprint density at radius 3 is 2.85 bits per heavy atom. The molecule has 0 bridgehead atoms. The summed E-state index contributed by atoms with van der Waals surface area (Å²) in [5.41, 5.74) is 7.31. The third-order valence-electron chi connectivity index (χ3n) is 1.68. The summed E-state index contributed by atoms with van der Waals surface area (Å²) >= 11 is 7.44. The molecule has 1 aromatic rings. The fourth-order valence-electron chi connectivity index (χ4n) is 1.00. The Bertz CT molecular complexity index is 291. The van der Waals surface area contributed by atoms with Crippen LogP contribution in [0.25, 0.3) is 0 Å². The molecule has 0 radical (unpaired) electrons. The molecule has 0 spiro atoms. The zero-order chi connectivity index (χ0) is 9.84. The van der Waals surface area contributed by atoms with Gasteiger partial charge in [-0.05, 0) is 13.2 Å². The lowest BCUT2D eigenvalue weighted by molar-refractivity contribution is 0.829. The third-order valence-corrected chi connectivity index (χ3v) is 2.48. The van der Waals surface area contributed by atoms with Crippen LogP contribution in [0, 0.1) is 0 Å². The van der Waals surface area contributed by atoms with Crippen LogP contribution in [-0.2, 0) is 6.54 Å². The highest BCUT2D eigenvalue weighted by Crippen LogP contribution is 2.22. The monoisotopic (exact) mass is 217 g/mol. The summed E-state index contributed by atoms with van der Waals surface area (Å²) in [6.07, 6.45) is 3.68. The van der Waals surface area contributed by atoms with E-state index < -0.39 is 0 Å². The summed E-state index contributed by atoms with van der Waals surface area (Å²) in [7, 11) is 0. The molecule has 1 rings (SSSR count). The number of halogens is 1. The number of hydrogen-bond acceptors (Lipinski definition) is 4. The minimum absolute atomic E-state index is 0.0885. The fourth-order valence-corrected chi connectivity index (χ4v) is 1.54. The smallest absolute Gasteiger partial charge is 0.187 e. The minimum atomic E-state index is -0.0885. The first-order chi connectivity index (χ1) is 6.19. The number of rotatable bonds is 3. The molecule has 0 aliphatic heterocycles. The summed E-state index contributed by atoms with van der Waals surface area (Å²) in [5, 5.41) is 0.649. The van der Waals surface area contributed by atoms with Crippen molar-refractivity contribution in [1.29, 1.82) is 0 Å². The third kappa shape index (κ3) is 2.56. The average molecular weight is 218 g/mol. The highest BCUT2D eigenvalue weighted by molar-refractivity contribution is 7.98. The number of hydrogen-bond donors (Lipinski definition) is 1. The summed E-state index contributed by atoms with van der Waals surface area (Å²) in [6.45, 7) is 2.29.